The zero-order valence-corrected chi connectivity index (χ0v) is 11.0. The third kappa shape index (κ3) is 4.75. The second kappa shape index (κ2) is 6.64. The van der Waals surface area contributed by atoms with Crippen LogP contribution in [-0.2, 0) is 6.54 Å². The maximum absolute atomic E-state index is 4.20. The molecule has 0 aromatic carbocycles. The number of pyridine rings is 1. The second-order valence-electron chi connectivity index (χ2n) is 4.90. The molecule has 1 aromatic heterocycles. The van der Waals surface area contributed by atoms with Gasteiger partial charge in [-0.05, 0) is 37.3 Å². The molecule has 0 fully saturated rings. The first-order valence-electron chi connectivity index (χ1n) is 6.25. The fourth-order valence-corrected chi connectivity index (χ4v) is 1.86. The number of aromatic nitrogens is 1. The van der Waals surface area contributed by atoms with Gasteiger partial charge < -0.3 is 5.32 Å². The average Bonchev–Trinajstić information content (AvgIpc) is 2.26. The highest BCUT2D eigenvalue weighted by Gasteiger charge is 2.06. The van der Waals surface area contributed by atoms with Crippen molar-refractivity contribution in [3.05, 3.63) is 29.6 Å². The van der Waals surface area contributed by atoms with Crippen LogP contribution in [0, 0.1) is 12.8 Å². The Labute approximate surface area is 99.5 Å². The van der Waals surface area contributed by atoms with Gasteiger partial charge in [0.2, 0.25) is 0 Å². The van der Waals surface area contributed by atoms with Crippen molar-refractivity contribution in [2.45, 2.75) is 53.1 Å². The van der Waals surface area contributed by atoms with Gasteiger partial charge in [0.25, 0.3) is 0 Å². The first-order valence-corrected chi connectivity index (χ1v) is 6.25. The topological polar surface area (TPSA) is 24.9 Å². The van der Waals surface area contributed by atoms with E-state index < -0.39 is 0 Å². The van der Waals surface area contributed by atoms with E-state index in [1.165, 1.54) is 24.0 Å². The van der Waals surface area contributed by atoms with Gasteiger partial charge in [-0.15, -0.1) is 0 Å². The average molecular weight is 220 g/mol. The highest BCUT2D eigenvalue weighted by Crippen LogP contribution is 2.10. The number of nitrogens with one attached hydrogen (secondary N) is 1. The fourth-order valence-electron chi connectivity index (χ4n) is 1.86. The summed E-state index contributed by atoms with van der Waals surface area (Å²) >= 11 is 0. The van der Waals surface area contributed by atoms with Crippen LogP contribution in [0.25, 0.3) is 0 Å². The van der Waals surface area contributed by atoms with Crippen molar-refractivity contribution in [3.8, 4) is 0 Å². The van der Waals surface area contributed by atoms with Gasteiger partial charge >= 0.3 is 0 Å². The molecule has 1 N–H and O–H groups in total. The molecule has 90 valence electrons. The zero-order chi connectivity index (χ0) is 12.0. The van der Waals surface area contributed by atoms with Gasteiger partial charge in [-0.1, -0.05) is 26.3 Å². The Morgan fingerprint density at radius 2 is 2.06 bits per heavy atom. The molecule has 0 saturated carbocycles. The molecule has 1 heterocycles. The molecule has 2 atom stereocenters. The lowest BCUT2D eigenvalue weighted by Gasteiger charge is -2.17. The zero-order valence-electron chi connectivity index (χ0n) is 11.0. The number of hydrogen-bond acceptors (Lipinski definition) is 2. The molecule has 16 heavy (non-hydrogen) atoms. The maximum atomic E-state index is 4.20. The number of hydrogen-bond donors (Lipinski definition) is 1. The van der Waals surface area contributed by atoms with Crippen molar-refractivity contribution in [2.24, 2.45) is 5.92 Å². The fraction of sp³-hybridized carbons (Fsp3) is 0.643. The van der Waals surface area contributed by atoms with Gasteiger partial charge in [0.15, 0.2) is 0 Å². The van der Waals surface area contributed by atoms with Crippen LogP contribution < -0.4 is 5.32 Å². The molecule has 1 aromatic rings. The summed E-state index contributed by atoms with van der Waals surface area (Å²) in [7, 11) is 0. The molecule has 0 aliphatic rings. The molecule has 0 saturated heterocycles. The van der Waals surface area contributed by atoms with E-state index in [-0.39, 0.29) is 0 Å². The summed E-state index contributed by atoms with van der Waals surface area (Å²) in [5, 5.41) is 3.55. The lowest BCUT2D eigenvalue weighted by Crippen LogP contribution is -2.27. The van der Waals surface area contributed by atoms with Crippen molar-refractivity contribution < 1.29 is 0 Å². The van der Waals surface area contributed by atoms with Crippen LogP contribution in [0.15, 0.2) is 18.5 Å². The minimum absolute atomic E-state index is 0.579. The summed E-state index contributed by atoms with van der Waals surface area (Å²) in [6, 6.07) is 2.77. The highest BCUT2D eigenvalue weighted by molar-refractivity contribution is 5.16. The molecule has 0 amide bonds. The van der Waals surface area contributed by atoms with Gasteiger partial charge in [0, 0.05) is 25.0 Å². The van der Waals surface area contributed by atoms with Gasteiger partial charge in [-0.2, -0.15) is 0 Å². The van der Waals surface area contributed by atoms with E-state index in [2.05, 4.69) is 44.1 Å². The van der Waals surface area contributed by atoms with E-state index >= 15 is 0 Å². The molecule has 0 spiro atoms. The van der Waals surface area contributed by atoms with Crippen LogP contribution in [0.1, 0.15) is 44.7 Å². The van der Waals surface area contributed by atoms with Gasteiger partial charge in [0.05, 0.1) is 0 Å². The molecule has 0 radical (unpaired) electrons. The van der Waals surface area contributed by atoms with E-state index in [0.717, 1.165) is 12.5 Å². The summed E-state index contributed by atoms with van der Waals surface area (Å²) in [5.41, 5.74) is 2.50. The minimum Gasteiger partial charge on any atom is -0.310 e. The predicted molar refractivity (Wildman–Crippen MR) is 69.3 cm³/mol. The Morgan fingerprint density at radius 3 is 2.69 bits per heavy atom. The Morgan fingerprint density at radius 1 is 1.31 bits per heavy atom. The molecule has 0 bridgehead atoms. The molecule has 0 aliphatic carbocycles. The first-order chi connectivity index (χ1) is 7.61. The summed E-state index contributed by atoms with van der Waals surface area (Å²) < 4.78 is 0. The monoisotopic (exact) mass is 220 g/mol. The van der Waals surface area contributed by atoms with Crippen molar-refractivity contribution in [1.82, 2.24) is 10.3 Å². The van der Waals surface area contributed by atoms with Crippen molar-refractivity contribution in [1.29, 1.82) is 0 Å². The molecular formula is C14H24N2. The van der Waals surface area contributed by atoms with Gasteiger partial charge in [0.1, 0.15) is 0 Å². The Kier molecular flexibility index (Phi) is 5.47. The first kappa shape index (κ1) is 13.2. The number of aryl methyl sites for hydroxylation is 1. The Balaban J connectivity index is 2.34. The lowest BCUT2D eigenvalue weighted by molar-refractivity contribution is 0.412. The SMILES string of the molecule is CCC(C)CC(C)NCc1cncc(C)c1. The van der Waals surface area contributed by atoms with Crippen LogP contribution in [0.4, 0.5) is 0 Å². The molecule has 1 rings (SSSR count). The third-order valence-electron chi connectivity index (χ3n) is 3.04. The molecule has 2 nitrogen and oxygen atoms in total. The normalized spacial score (nSPS) is 14.8. The quantitative estimate of drug-likeness (QED) is 0.795. The summed E-state index contributed by atoms with van der Waals surface area (Å²) in [6.45, 7) is 9.83. The van der Waals surface area contributed by atoms with E-state index in [4.69, 9.17) is 0 Å². The van der Waals surface area contributed by atoms with E-state index in [1.54, 1.807) is 0 Å². The highest BCUT2D eigenvalue weighted by atomic mass is 14.9. The summed E-state index contributed by atoms with van der Waals surface area (Å²) in [6.07, 6.45) is 6.34. The molecule has 0 aliphatic heterocycles. The number of nitrogens with zero attached hydrogens (tertiary/aromatic N) is 1. The van der Waals surface area contributed by atoms with Crippen LogP contribution in [0.2, 0.25) is 0 Å². The van der Waals surface area contributed by atoms with E-state index in [1.807, 2.05) is 12.4 Å². The third-order valence-corrected chi connectivity index (χ3v) is 3.04. The van der Waals surface area contributed by atoms with Crippen molar-refractivity contribution in [3.63, 3.8) is 0 Å². The van der Waals surface area contributed by atoms with Crippen molar-refractivity contribution in [2.75, 3.05) is 0 Å². The van der Waals surface area contributed by atoms with Crippen LogP contribution in [-0.4, -0.2) is 11.0 Å². The lowest BCUT2D eigenvalue weighted by atomic mass is 10.0. The van der Waals surface area contributed by atoms with Gasteiger partial charge in [-0.3, -0.25) is 4.98 Å². The van der Waals surface area contributed by atoms with Crippen LogP contribution in [0.3, 0.4) is 0 Å². The van der Waals surface area contributed by atoms with E-state index in [9.17, 15) is 0 Å². The predicted octanol–water partition coefficient (Wildman–Crippen LogP) is 3.30. The van der Waals surface area contributed by atoms with E-state index in [0.29, 0.717) is 6.04 Å². The molecule has 2 unspecified atom stereocenters. The second-order valence-corrected chi connectivity index (χ2v) is 4.90. The molecule has 2 heteroatoms. The number of rotatable bonds is 6. The summed E-state index contributed by atoms with van der Waals surface area (Å²) in [5.74, 6) is 0.804. The van der Waals surface area contributed by atoms with Gasteiger partial charge in [-0.25, -0.2) is 0 Å². The standard InChI is InChI=1S/C14H24N2/c1-5-11(2)6-13(4)16-10-14-7-12(3)8-15-9-14/h7-9,11,13,16H,5-6,10H2,1-4H3. The maximum Gasteiger partial charge on any atom is 0.0313 e. The largest absolute Gasteiger partial charge is 0.310 e. The smallest absolute Gasteiger partial charge is 0.0313 e. The Hall–Kier alpha value is -0.890. The Bertz CT molecular complexity index is 309. The minimum atomic E-state index is 0.579. The summed E-state index contributed by atoms with van der Waals surface area (Å²) in [4.78, 5) is 4.20. The molecular weight excluding hydrogens is 196 g/mol. The van der Waals surface area contributed by atoms with Crippen LogP contribution >= 0.6 is 0 Å². The van der Waals surface area contributed by atoms with Crippen LogP contribution in [0.5, 0.6) is 0 Å². The van der Waals surface area contributed by atoms with Crippen molar-refractivity contribution >= 4 is 0 Å².